The Kier molecular flexibility index (Phi) is 3.93. The maximum absolute atomic E-state index is 10.8. The molecule has 0 atom stereocenters. The molecule has 1 saturated carbocycles. The van der Waals surface area contributed by atoms with Crippen molar-refractivity contribution >= 4 is 5.69 Å². The van der Waals surface area contributed by atoms with Crippen LogP contribution in [0.4, 0.5) is 5.69 Å². The molecule has 0 saturated heterocycles. The highest BCUT2D eigenvalue weighted by atomic mass is 16.6. The molecule has 18 heavy (non-hydrogen) atoms. The topological polar surface area (TPSA) is 75.4 Å². The van der Waals surface area contributed by atoms with Gasteiger partial charge in [-0.15, -0.1) is 0 Å². The average molecular weight is 250 g/mol. The van der Waals surface area contributed by atoms with Gasteiger partial charge in [-0.05, 0) is 37.8 Å². The summed E-state index contributed by atoms with van der Waals surface area (Å²) in [5, 5.41) is 23.3. The largest absolute Gasteiger partial charge is 0.393 e. The summed E-state index contributed by atoms with van der Waals surface area (Å²) in [6.07, 6.45) is 1.60. The summed E-state index contributed by atoms with van der Waals surface area (Å²) in [5.74, 6) is 0.541. The molecule has 5 nitrogen and oxygen atoms in total. The van der Waals surface area contributed by atoms with E-state index in [-0.39, 0.29) is 16.7 Å². The Morgan fingerprint density at radius 2 is 2.22 bits per heavy atom. The number of nitrogens with one attached hydrogen (secondary N) is 1. The summed E-state index contributed by atoms with van der Waals surface area (Å²) in [4.78, 5) is 10.5. The Labute approximate surface area is 106 Å². The maximum atomic E-state index is 10.8. The van der Waals surface area contributed by atoms with Crippen molar-refractivity contribution in [1.82, 2.24) is 5.32 Å². The number of rotatable bonds is 5. The third kappa shape index (κ3) is 2.86. The van der Waals surface area contributed by atoms with E-state index in [1.165, 1.54) is 6.07 Å². The number of aliphatic hydroxyl groups is 1. The molecule has 2 rings (SSSR count). The van der Waals surface area contributed by atoms with Gasteiger partial charge in [0.05, 0.1) is 11.0 Å². The number of nitro benzene ring substituents is 1. The zero-order chi connectivity index (χ0) is 13.1. The molecule has 1 aromatic carbocycles. The van der Waals surface area contributed by atoms with Gasteiger partial charge >= 0.3 is 0 Å². The van der Waals surface area contributed by atoms with Crippen LogP contribution < -0.4 is 5.32 Å². The predicted octanol–water partition coefficient (Wildman–Crippen LogP) is 1.76. The zero-order valence-corrected chi connectivity index (χ0v) is 10.4. The van der Waals surface area contributed by atoms with E-state index >= 15 is 0 Å². The maximum Gasteiger partial charge on any atom is 0.272 e. The van der Waals surface area contributed by atoms with Gasteiger partial charge in [-0.2, -0.15) is 0 Å². The van der Waals surface area contributed by atoms with Gasteiger partial charge in [0, 0.05) is 18.2 Å². The summed E-state index contributed by atoms with van der Waals surface area (Å²) >= 11 is 0. The van der Waals surface area contributed by atoms with E-state index in [2.05, 4.69) is 5.32 Å². The van der Waals surface area contributed by atoms with Gasteiger partial charge in [0.2, 0.25) is 0 Å². The third-order valence-electron chi connectivity index (χ3n) is 3.57. The Bertz CT molecular complexity index is 442. The molecule has 0 radical (unpaired) electrons. The fraction of sp³-hybridized carbons (Fsp3) is 0.538. The Balaban J connectivity index is 1.89. The van der Waals surface area contributed by atoms with Crippen LogP contribution in [0.2, 0.25) is 0 Å². The lowest BCUT2D eigenvalue weighted by Crippen LogP contribution is -2.35. The van der Waals surface area contributed by atoms with Gasteiger partial charge in [-0.25, -0.2) is 0 Å². The second kappa shape index (κ2) is 5.46. The first-order valence-electron chi connectivity index (χ1n) is 6.19. The normalized spacial score (nSPS) is 22.6. The van der Waals surface area contributed by atoms with Crippen molar-refractivity contribution in [1.29, 1.82) is 0 Å². The van der Waals surface area contributed by atoms with Crippen molar-refractivity contribution in [2.45, 2.75) is 32.4 Å². The highest BCUT2D eigenvalue weighted by Gasteiger charge is 2.26. The monoisotopic (exact) mass is 250 g/mol. The van der Waals surface area contributed by atoms with Crippen molar-refractivity contribution < 1.29 is 10.0 Å². The van der Waals surface area contributed by atoms with E-state index in [9.17, 15) is 15.2 Å². The zero-order valence-electron chi connectivity index (χ0n) is 10.4. The fourth-order valence-corrected chi connectivity index (χ4v) is 2.34. The molecular weight excluding hydrogens is 232 g/mol. The number of hydrogen-bond donors (Lipinski definition) is 2. The number of aliphatic hydroxyl groups excluding tert-OH is 1. The minimum atomic E-state index is -0.346. The summed E-state index contributed by atoms with van der Waals surface area (Å²) < 4.78 is 0. The highest BCUT2D eigenvalue weighted by molar-refractivity contribution is 5.44. The molecule has 98 valence electrons. The molecule has 0 aliphatic heterocycles. The van der Waals surface area contributed by atoms with Crippen molar-refractivity contribution in [3.8, 4) is 0 Å². The minimum Gasteiger partial charge on any atom is -0.393 e. The van der Waals surface area contributed by atoms with Crippen LogP contribution in [0.3, 0.4) is 0 Å². The van der Waals surface area contributed by atoms with Crippen LogP contribution in [0.1, 0.15) is 24.0 Å². The van der Waals surface area contributed by atoms with Gasteiger partial charge in [0.25, 0.3) is 5.69 Å². The molecule has 0 amide bonds. The molecule has 0 bridgehead atoms. The van der Waals surface area contributed by atoms with E-state index in [0.717, 1.165) is 30.5 Å². The van der Waals surface area contributed by atoms with Gasteiger partial charge in [-0.1, -0.05) is 12.1 Å². The molecular formula is C13H18N2O3. The van der Waals surface area contributed by atoms with Gasteiger partial charge in [-0.3, -0.25) is 10.1 Å². The number of benzene rings is 1. The first-order chi connectivity index (χ1) is 8.58. The Hall–Kier alpha value is -1.46. The number of hydrogen-bond acceptors (Lipinski definition) is 4. The Morgan fingerprint density at radius 3 is 2.83 bits per heavy atom. The van der Waals surface area contributed by atoms with Crippen LogP contribution in [0.15, 0.2) is 18.2 Å². The van der Waals surface area contributed by atoms with Crippen LogP contribution >= 0.6 is 0 Å². The summed E-state index contributed by atoms with van der Waals surface area (Å²) in [6.45, 7) is 3.28. The van der Waals surface area contributed by atoms with E-state index in [0.29, 0.717) is 12.5 Å². The van der Waals surface area contributed by atoms with Crippen LogP contribution in [-0.4, -0.2) is 22.7 Å². The number of nitro groups is 1. The molecule has 5 heteroatoms. The third-order valence-corrected chi connectivity index (χ3v) is 3.57. The molecule has 0 aromatic heterocycles. The molecule has 0 spiro atoms. The summed E-state index contributed by atoms with van der Waals surface area (Å²) in [7, 11) is 0. The lowest BCUT2D eigenvalue weighted by molar-refractivity contribution is -0.385. The summed E-state index contributed by atoms with van der Waals surface area (Å²) in [5.41, 5.74) is 1.86. The lowest BCUT2D eigenvalue weighted by atomic mass is 9.82. The van der Waals surface area contributed by atoms with Gasteiger partial charge in [0.1, 0.15) is 0 Å². The predicted molar refractivity (Wildman–Crippen MR) is 68.3 cm³/mol. The van der Waals surface area contributed by atoms with Crippen molar-refractivity contribution in [3.63, 3.8) is 0 Å². The van der Waals surface area contributed by atoms with Crippen molar-refractivity contribution in [3.05, 3.63) is 39.4 Å². The average Bonchev–Trinajstić information content (AvgIpc) is 2.28. The van der Waals surface area contributed by atoms with Crippen LogP contribution in [0.5, 0.6) is 0 Å². The second-order valence-corrected chi connectivity index (χ2v) is 4.94. The Morgan fingerprint density at radius 1 is 1.50 bits per heavy atom. The number of nitrogens with zero attached hydrogens (tertiary/aromatic N) is 1. The smallest absolute Gasteiger partial charge is 0.272 e. The lowest BCUT2D eigenvalue weighted by Gasteiger charge is -2.31. The molecule has 1 aromatic rings. The highest BCUT2D eigenvalue weighted by Crippen LogP contribution is 2.26. The molecule has 1 aliphatic rings. The van der Waals surface area contributed by atoms with Crippen molar-refractivity contribution in [2.24, 2.45) is 5.92 Å². The van der Waals surface area contributed by atoms with E-state index in [4.69, 9.17) is 0 Å². The van der Waals surface area contributed by atoms with Crippen LogP contribution in [0, 0.1) is 23.0 Å². The van der Waals surface area contributed by atoms with E-state index in [1.54, 1.807) is 13.0 Å². The first kappa shape index (κ1) is 13.0. The van der Waals surface area contributed by atoms with E-state index in [1.807, 2.05) is 6.07 Å². The molecule has 2 N–H and O–H groups in total. The fourth-order valence-electron chi connectivity index (χ4n) is 2.34. The standard InChI is InChI=1S/C13H18N2O3/c1-9-11(3-2-4-13(9)15(17)18)8-14-7-10-5-12(16)6-10/h2-4,10,12,14,16H,5-8H2,1H3. The van der Waals surface area contributed by atoms with Crippen LogP contribution in [-0.2, 0) is 6.54 Å². The van der Waals surface area contributed by atoms with Crippen molar-refractivity contribution in [2.75, 3.05) is 6.54 Å². The quantitative estimate of drug-likeness (QED) is 0.617. The second-order valence-electron chi connectivity index (χ2n) is 4.94. The van der Waals surface area contributed by atoms with E-state index < -0.39 is 0 Å². The first-order valence-corrected chi connectivity index (χ1v) is 6.19. The minimum absolute atomic E-state index is 0.128. The SMILES string of the molecule is Cc1c(CNCC2CC(O)C2)cccc1[N+](=O)[O-]. The van der Waals surface area contributed by atoms with Gasteiger partial charge < -0.3 is 10.4 Å². The summed E-state index contributed by atoms with van der Waals surface area (Å²) in [6, 6.07) is 5.15. The molecule has 1 aliphatic carbocycles. The molecule has 1 fully saturated rings. The van der Waals surface area contributed by atoms with Gasteiger partial charge in [0.15, 0.2) is 0 Å². The molecule has 0 unspecified atom stereocenters. The molecule has 0 heterocycles. The van der Waals surface area contributed by atoms with Crippen LogP contribution in [0.25, 0.3) is 0 Å².